The molecule has 4 nitrogen and oxygen atoms in total. The highest BCUT2D eigenvalue weighted by atomic mass is 35.5. The maximum Gasteiger partial charge on any atom is 0.195 e. The van der Waals surface area contributed by atoms with Gasteiger partial charge in [0.1, 0.15) is 12.4 Å². The fourth-order valence-electron chi connectivity index (χ4n) is 2.07. The average molecular weight is 332 g/mol. The number of hydrogen-bond donors (Lipinski definition) is 0. The summed E-state index contributed by atoms with van der Waals surface area (Å²) in [5.74, 6) is 1.37. The van der Waals surface area contributed by atoms with E-state index in [1.165, 1.54) is 0 Å². The topological polar surface area (TPSA) is 39.9 Å². The Morgan fingerprint density at radius 2 is 1.77 bits per heavy atom. The van der Waals surface area contributed by atoms with Crippen molar-refractivity contribution in [2.24, 2.45) is 0 Å². The van der Waals surface area contributed by atoms with Crippen LogP contribution in [0.1, 0.15) is 5.82 Å². The third-order valence-electron chi connectivity index (χ3n) is 3.09. The lowest BCUT2D eigenvalue weighted by Crippen LogP contribution is -2.06. The van der Waals surface area contributed by atoms with E-state index in [2.05, 4.69) is 10.2 Å². The minimum absolute atomic E-state index is 0.298. The zero-order valence-electron chi connectivity index (χ0n) is 11.9. The molecule has 0 aliphatic carbocycles. The first-order valence-electron chi connectivity index (χ1n) is 6.70. The number of para-hydroxylation sites is 2. The van der Waals surface area contributed by atoms with Crippen molar-refractivity contribution >= 4 is 23.4 Å². The lowest BCUT2D eigenvalue weighted by Gasteiger charge is -2.11. The summed E-state index contributed by atoms with van der Waals surface area (Å²) in [5, 5.41) is 9.85. The second-order valence-corrected chi connectivity index (χ2v) is 5.67. The minimum atomic E-state index is 0.298. The Morgan fingerprint density at radius 1 is 1.05 bits per heavy atom. The van der Waals surface area contributed by atoms with E-state index in [4.69, 9.17) is 16.3 Å². The second kappa shape index (κ2) is 6.85. The summed E-state index contributed by atoms with van der Waals surface area (Å²) in [6.45, 7) is 0.298. The molecular weight excluding hydrogens is 318 g/mol. The van der Waals surface area contributed by atoms with Crippen molar-refractivity contribution in [2.75, 3.05) is 6.26 Å². The summed E-state index contributed by atoms with van der Waals surface area (Å²) in [5.41, 5.74) is 1.01. The molecule has 2 aromatic carbocycles. The second-order valence-electron chi connectivity index (χ2n) is 4.49. The zero-order chi connectivity index (χ0) is 15.4. The number of benzene rings is 2. The number of ether oxygens (including phenoxy) is 1. The molecule has 1 aromatic heterocycles. The van der Waals surface area contributed by atoms with Gasteiger partial charge < -0.3 is 4.74 Å². The van der Waals surface area contributed by atoms with E-state index in [1.54, 1.807) is 17.8 Å². The van der Waals surface area contributed by atoms with Gasteiger partial charge >= 0.3 is 0 Å². The van der Waals surface area contributed by atoms with Gasteiger partial charge in [0.2, 0.25) is 0 Å². The lowest BCUT2D eigenvalue weighted by atomic mass is 10.3. The Hall–Kier alpha value is -1.98. The monoisotopic (exact) mass is 331 g/mol. The van der Waals surface area contributed by atoms with Gasteiger partial charge in [-0.3, -0.25) is 4.57 Å². The Kier molecular flexibility index (Phi) is 4.65. The molecule has 0 bridgehead atoms. The zero-order valence-corrected chi connectivity index (χ0v) is 13.5. The van der Waals surface area contributed by atoms with Crippen LogP contribution in [0.25, 0.3) is 5.69 Å². The van der Waals surface area contributed by atoms with Crippen molar-refractivity contribution in [3.05, 3.63) is 65.4 Å². The highest BCUT2D eigenvalue weighted by Gasteiger charge is 2.14. The smallest absolute Gasteiger partial charge is 0.195 e. The fourth-order valence-corrected chi connectivity index (χ4v) is 2.77. The van der Waals surface area contributed by atoms with Gasteiger partial charge in [-0.15, -0.1) is 10.2 Å². The van der Waals surface area contributed by atoms with Gasteiger partial charge in [0, 0.05) is 5.69 Å². The molecule has 0 amide bonds. The van der Waals surface area contributed by atoms with E-state index < -0.39 is 0 Å². The Balaban J connectivity index is 1.89. The summed E-state index contributed by atoms with van der Waals surface area (Å²) in [6, 6.07) is 17.4. The fraction of sp³-hybridized carbons (Fsp3) is 0.125. The lowest BCUT2D eigenvalue weighted by molar-refractivity contribution is 0.293. The average Bonchev–Trinajstić information content (AvgIpc) is 2.98. The number of hydrogen-bond acceptors (Lipinski definition) is 4. The molecule has 3 aromatic rings. The van der Waals surface area contributed by atoms with Crippen molar-refractivity contribution in [3.8, 4) is 11.4 Å². The van der Waals surface area contributed by atoms with Gasteiger partial charge in [0.05, 0.1) is 5.02 Å². The van der Waals surface area contributed by atoms with Crippen LogP contribution in [-0.2, 0) is 6.61 Å². The molecule has 3 rings (SSSR count). The minimum Gasteiger partial charge on any atom is -0.484 e. The normalized spacial score (nSPS) is 10.6. The van der Waals surface area contributed by atoms with Gasteiger partial charge in [-0.1, -0.05) is 53.7 Å². The van der Waals surface area contributed by atoms with Crippen molar-refractivity contribution < 1.29 is 4.74 Å². The number of nitrogens with zero attached hydrogens (tertiary/aromatic N) is 3. The highest BCUT2D eigenvalue weighted by Crippen LogP contribution is 2.25. The van der Waals surface area contributed by atoms with Gasteiger partial charge in [-0.25, -0.2) is 0 Å². The van der Waals surface area contributed by atoms with Crippen LogP contribution in [0.4, 0.5) is 0 Å². The van der Waals surface area contributed by atoms with Crippen LogP contribution in [0.5, 0.6) is 5.75 Å². The molecule has 0 fully saturated rings. The molecule has 0 aliphatic heterocycles. The quantitative estimate of drug-likeness (QED) is 0.656. The van der Waals surface area contributed by atoms with E-state index in [0.29, 0.717) is 17.4 Å². The predicted octanol–water partition coefficient (Wildman–Crippen LogP) is 4.22. The molecule has 22 heavy (non-hydrogen) atoms. The van der Waals surface area contributed by atoms with Crippen molar-refractivity contribution in [3.63, 3.8) is 0 Å². The van der Waals surface area contributed by atoms with E-state index in [0.717, 1.165) is 16.7 Å². The van der Waals surface area contributed by atoms with Crippen LogP contribution < -0.4 is 4.74 Å². The molecule has 0 unspecified atom stereocenters. The van der Waals surface area contributed by atoms with Crippen molar-refractivity contribution in [2.45, 2.75) is 11.8 Å². The van der Waals surface area contributed by atoms with Crippen molar-refractivity contribution in [1.29, 1.82) is 0 Å². The van der Waals surface area contributed by atoms with Crippen LogP contribution in [-0.4, -0.2) is 21.0 Å². The summed E-state index contributed by atoms with van der Waals surface area (Å²) in [6.07, 6.45) is 1.97. The number of thioether (sulfide) groups is 1. The Morgan fingerprint density at radius 3 is 2.50 bits per heavy atom. The standard InChI is InChI=1S/C16H14ClN3OS/c1-22-16-19-18-15(20(16)12-7-3-2-4-8-12)11-21-14-10-6-5-9-13(14)17/h2-10H,11H2,1H3. The van der Waals surface area contributed by atoms with Crippen LogP contribution in [0.2, 0.25) is 5.02 Å². The van der Waals surface area contributed by atoms with Gasteiger partial charge in [-0.05, 0) is 30.5 Å². The first kappa shape index (κ1) is 14.9. The van der Waals surface area contributed by atoms with Crippen LogP contribution >= 0.6 is 23.4 Å². The molecule has 0 spiro atoms. The van der Waals surface area contributed by atoms with E-state index in [9.17, 15) is 0 Å². The number of aromatic nitrogens is 3. The predicted molar refractivity (Wildman–Crippen MR) is 88.9 cm³/mol. The van der Waals surface area contributed by atoms with E-state index in [-0.39, 0.29) is 0 Å². The Bertz CT molecular complexity index is 761. The maximum absolute atomic E-state index is 6.11. The summed E-state index contributed by atoms with van der Waals surface area (Å²) in [7, 11) is 0. The first-order valence-corrected chi connectivity index (χ1v) is 8.31. The van der Waals surface area contributed by atoms with Crippen LogP contribution in [0.15, 0.2) is 59.8 Å². The van der Waals surface area contributed by atoms with E-state index in [1.807, 2.05) is 59.4 Å². The summed E-state index contributed by atoms with van der Waals surface area (Å²) >= 11 is 7.65. The Labute approximate surface area is 138 Å². The molecule has 0 N–H and O–H groups in total. The summed E-state index contributed by atoms with van der Waals surface area (Å²) in [4.78, 5) is 0. The molecule has 6 heteroatoms. The first-order chi connectivity index (χ1) is 10.8. The number of halogens is 1. The molecule has 0 aliphatic rings. The molecule has 0 saturated carbocycles. The molecule has 112 valence electrons. The SMILES string of the molecule is CSc1nnc(COc2ccccc2Cl)n1-c1ccccc1. The van der Waals surface area contributed by atoms with Gasteiger partial charge in [-0.2, -0.15) is 0 Å². The highest BCUT2D eigenvalue weighted by molar-refractivity contribution is 7.98. The van der Waals surface area contributed by atoms with Crippen LogP contribution in [0, 0.1) is 0 Å². The summed E-state index contributed by atoms with van der Waals surface area (Å²) < 4.78 is 7.77. The number of rotatable bonds is 5. The van der Waals surface area contributed by atoms with Gasteiger partial charge in [0.25, 0.3) is 0 Å². The largest absolute Gasteiger partial charge is 0.484 e. The van der Waals surface area contributed by atoms with Crippen LogP contribution in [0.3, 0.4) is 0 Å². The third kappa shape index (κ3) is 3.10. The maximum atomic E-state index is 6.11. The molecule has 1 heterocycles. The van der Waals surface area contributed by atoms with Gasteiger partial charge in [0.15, 0.2) is 11.0 Å². The van der Waals surface area contributed by atoms with Crippen molar-refractivity contribution in [1.82, 2.24) is 14.8 Å². The molecule has 0 atom stereocenters. The molecule has 0 saturated heterocycles. The molecule has 0 radical (unpaired) electrons. The third-order valence-corrected chi connectivity index (χ3v) is 4.03. The van der Waals surface area contributed by atoms with E-state index >= 15 is 0 Å². The molecular formula is C16H14ClN3OS.